The molecular weight excluding hydrogens is 166 g/mol. The van der Waals surface area contributed by atoms with Crippen LogP contribution in [-0.4, -0.2) is 33.6 Å². The van der Waals surface area contributed by atoms with Crippen molar-refractivity contribution in [3.8, 4) is 0 Å². The summed E-state index contributed by atoms with van der Waals surface area (Å²) in [5, 5.41) is 9.07. The summed E-state index contributed by atoms with van der Waals surface area (Å²) < 4.78 is 0. The molecule has 1 N–H and O–H groups in total. The first kappa shape index (κ1) is 12.4. The van der Waals surface area contributed by atoms with Crippen LogP contribution in [0, 0.1) is 0 Å². The third kappa shape index (κ3) is 2.69. The lowest BCUT2D eigenvalue weighted by molar-refractivity contribution is -0.152. The van der Waals surface area contributed by atoms with Crippen molar-refractivity contribution in [3.05, 3.63) is 0 Å². The Morgan fingerprint density at radius 3 is 1.54 bits per heavy atom. The van der Waals surface area contributed by atoms with Gasteiger partial charge in [-0.1, -0.05) is 0 Å². The van der Waals surface area contributed by atoms with Gasteiger partial charge in [-0.2, -0.15) is 0 Å². The van der Waals surface area contributed by atoms with E-state index in [1.807, 2.05) is 32.6 Å². The fourth-order valence-corrected chi connectivity index (χ4v) is 2.00. The molecule has 0 saturated carbocycles. The second-order valence-corrected chi connectivity index (χ2v) is 4.46. The first-order chi connectivity index (χ1) is 5.71. The van der Waals surface area contributed by atoms with E-state index < -0.39 is 11.5 Å². The van der Waals surface area contributed by atoms with Crippen molar-refractivity contribution in [1.29, 1.82) is 0 Å². The molecule has 3 nitrogen and oxygen atoms in total. The predicted molar refractivity (Wildman–Crippen MR) is 53.8 cm³/mol. The van der Waals surface area contributed by atoms with Gasteiger partial charge < -0.3 is 5.11 Å². The summed E-state index contributed by atoms with van der Waals surface area (Å²) in [5.74, 6) is -0.769. The van der Waals surface area contributed by atoms with Gasteiger partial charge >= 0.3 is 5.97 Å². The lowest BCUT2D eigenvalue weighted by atomic mass is 9.99. The number of nitrogens with zero attached hydrogens (tertiary/aromatic N) is 1. The van der Waals surface area contributed by atoms with Gasteiger partial charge in [0.2, 0.25) is 0 Å². The van der Waals surface area contributed by atoms with Crippen molar-refractivity contribution >= 4 is 5.97 Å². The standard InChI is InChI=1S/C10H21NO2/c1-7(2)11(8(3)4)10(5,6)9(12)13/h7-8H,1-6H3,(H,12,13). The molecule has 0 aromatic rings. The van der Waals surface area contributed by atoms with Crippen molar-refractivity contribution in [3.63, 3.8) is 0 Å². The largest absolute Gasteiger partial charge is 0.480 e. The molecule has 0 aliphatic heterocycles. The van der Waals surface area contributed by atoms with Crippen molar-refractivity contribution < 1.29 is 9.90 Å². The van der Waals surface area contributed by atoms with Gasteiger partial charge in [-0.25, -0.2) is 0 Å². The molecule has 0 aromatic heterocycles. The maximum atomic E-state index is 11.0. The Morgan fingerprint density at radius 2 is 1.46 bits per heavy atom. The summed E-state index contributed by atoms with van der Waals surface area (Å²) in [6.45, 7) is 11.6. The molecule has 13 heavy (non-hydrogen) atoms. The number of carbonyl (C=O) groups is 1. The van der Waals surface area contributed by atoms with Crippen LogP contribution in [0.2, 0.25) is 0 Å². The second kappa shape index (κ2) is 4.09. The van der Waals surface area contributed by atoms with E-state index in [1.165, 1.54) is 0 Å². The molecule has 0 atom stereocenters. The highest BCUT2D eigenvalue weighted by Crippen LogP contribution is 2.21. The molecule has 0 unspecified atom stereocenters. The zero-order valence-corrected chi connectivity index (χ0v) is 9.46. The van der Waals surface area contributed by atoms with Crippen LogP contribution in [0.1, 0.15) is 41.5 Å². The van der Waals surface area contributed by atoms with E-state index >= 15 is 0 Å². The highest BCUT2D eigenvalue weighted by atomic mass is 16.4. The van der Waals surface area contributed by atoms with Gasteiger partial charge in [0.15, 0.2) is 0 Å². The van der Waals surface area contributed by atoms with Gasteiger partial charge in [0.25, 0.3) is 0 Å². The maximum Gasteiger partial charge on any atom is 0.323 e. The highest BCUT2D eigenvalue weighted by Gasteiger charge is 2.37. The Hall–Kier alpha value is -0.570. The molecule has 0 heterocycles. The maximum absolute atomic E-state index is 11.0. The summed E-state index contributed by atoms with van der Waals surface area (Å²) in [5.41, 5.74) is -0.789. The van der Waals surface area contributed by atoms with E-state index in [2.05, 4.69) is 0 Å². The van der Waals surface area contributed by atoms with Crippen molar-refractivity contribution in [1.82, 2.24) is 4.90 Å². The van der Waals surface area contributed by atoms with Crippen LogP contribution in [0.25, 0.3) is 0 Å². The van der Waals surface area contributed by atoms with Gasteiger partial charge in [0, 0.05) is 12.1 Å². The third-order valence-corrected chi connectivity index (χ3v) is 2.28. The number of aliphatic carboxylic acids is 1. The number of carboxylic acids is 1. The summed E-state index contributed by atoms with van der Waals surface area (Å²) in [4.78, 5) is 13.0. The number of rotatable bonds is 4. The Kier molecular flexibility index (Phi) is 3.91. The van der Waals surface area contributed by atoms with Crippen LogP contribution in [0.5, 0.6) is 0 Å². The van der Waals surface area contributed by atoms with E-state index in [0.29, 0.717) is 0 Å². The summed E-state index contributed by atoms with van der Waals surface area (Å²) in [6, 6.07) is 0.484. The first-order valence-electron chi connectivity index (χ1n) is 4.73. The van der Waals surface area contributed by atoms with Crippen LogP contribution < -0.4 is 0 Å². The molecule has 0 amide bonds. The number of hydrogen-bond acceptors (Lipinski definition) is 2. The fourth-order valence-electron chi connectivity index (χ4n) is 2.00. The average Bonchev–Trinajstić information content (AvgIpc) is 1.82. The van der Waals surface area contributed by atoms with E-state index in [1.54, 1.807) is 13.8 Å². The molecule has 0 rings (SSSR count). The van der Waals surface area contributed by atoms with Crippen molar-refractivity contribution in [2.45, 2.75) is 59.2 Å². The smallest absolute Gasteiger partial charge is 0.323 e. The molecule has 0 bridgehead atoms. The number of carboxylic acid groups (broad SMARTS) is 1. The fraction of sp³-hybridized carbons (Fsp3) is 0.900. The highest BCUT2D eigenvalue weighted by molar-refractivity contribution is 5.77. The van der Waals surface area contributed by atoms with Gasteiger partial charge in [0.05, 0.1) is 0 Å². The topological polar surface area (TPSA) is 40.5 Å². The van der Waals surface area contributed by atoms with Crippen molar-refractivity contribution in [2.75, 3.05) is 0 Å². The van der Waals surface area contributed by atoms with E-state index in [-0.39, 0.29) is 12.1 Å². The third-order valence-electron chi connectivity index (χ3n) is 2.28. The molecule has 0 aliphatic carbocycles. The minimum Gasteiger partial charge on any atom is -0.480 e. The average molecular weight is 187 g/mol. The van der Waals surface area contributed by atoms with Crippen LogP contribution in [-0.2, 0) is 4.79 Å². The van der Waals surface area contributed by atoms with E-state index in [9.17, 15) is 4.79 Å². The van der Waals surface area contributed by atoms with Gasteiger partial charge in [0.1, 0.15) is 5.54 Å². The quantitative estimate of drug-likeness (QED) is 0.731. The molecule has 3 heteroatoms. The molecule has 0 saturated heterocycles. The van der Waals surface area contributed by atoms with Crippen molar-refractivity contribution in [2.24, 2.45) is 0 Å². The summed E-state index contributed by atoms with van der Waals surface area (Å²) >= 11 is 0. The SMILES string of the molecule is CC(C)N(C(C)C)C(C)(C)C(=O)O. The number of hydrogen-bond donors (Lipinski definition) is 1. The first-order valence-corrected chi connectivity index (χ1v) is 4.73. The lowest BCUT2D eigenvalue weighted by Gasteiger charge is -2.41. The van der Waals surface area contributed by atoms with Crippen LogP contribution in [0.15, 0.2) is 0 Å². The molecular formula is C10H21NO2. The molecule has 0 radical (unpaired) electrons. The summed E-state index contributed by atoms with van der Waals surface area (Å²) in [6.07, 6.45) is 0. The van der Waals surface area contributed by atoms with E-state index in [0.717, 1.165) is 0 Å². The Morgan fingerprint density at radius 1 is 1.15 bits per heavy atom. The van der Waals surface area contributed by atoms with Crippen LogP contribution in [0.3, 0.4) is 0 Å². The lowest BCUT2D eigenvalue weighted by Crippen LogP contribution is -2.56. The Labute approximate surface area is 80.7 Å². The molecule has 0 aromatic carbocycles. The minimum atomic E-state index is -0.789. The minimum absolute atomic E-state index is 0.242. The Bertz CT molecular complexity index is 177. The van der Waals surface area contributed by atoms with E-state index in [4.69, 9.17) is 5.11 Å². The normalized spacial score (nSPS) is 13.0. The molecule has 78 valence electrons. The summed E-state index contributed by atoms with van der Waals surface area (Å²) in [7, 11) is 0. The van der Waals surface area contributed by atoms with Crippen LogP contribution >= 0.6 is 0 Å². The van der Waals surface area contributed by atoms with Gasteiger partial charge in [-0.15, -0.1) is 0 Å². The monoisotopic (exact) mass is 187 g/mol. The zero-order chi connectivity index (χ0) is 10.8. The predicted octanol–water partition coefficient (Wildman–Crippen LogP) is 1.97. The molecule has 0 spiro atoms. The van der Waals surface area contributed by atoms with Gasteiger partial charge in [-0.05, 0) is 41.5 Å². The Balaban J connectivity index is 4.83. The molecule has 0 aliphatic rings. The van der Waals surface area contributed by atoms with Gasteiger partial charge in [-0.3, -0.25) is 9.69 Å². The molecule has 0 fully saturated rings. The zero-order valence-electron chi connectivity index (χ0n) is 9.46. The second-order valence-electron chi connectivity index (χ2n) is 4.46. The van der Waals surface area contributed by atoms with Crippen LogP contribution in [0.4, 0.5) is 0 Å².